The highest BCUT2D eigenvalue weighted by atomic mass is 19.3. The third-order valence-electron chi connectivity index (χ3n) is 2.67. The smallest absolute Gasteiger partial charge is 0.256 e. The number of nitrogens with zero attached hydrogens (tertiary/aromatic N) is 1. The van der Waals surface area contributed by atoms with Crippen molar-refractivity contribution in [1.29, 1.82) is 0 Å². The predicted molar refractivity (Wildman–Crippen MR) is 52.7 cm³/mol. The summed E-state index contributed by atoms with van der Waals surface area (Å²) in [6, 6.07) is 9.48. The largest absolute Gasteiger partial charge is 0.301 e. The molecule has 2 aromatic rings. The van der Waals surface area contributed by atoms with E-state index in [2.05, 4.69) is 4.98 Å². The molecule has 0 fully saturated rings. The Morgan fingerprint density at radius 2 is 1.67 bits per heavy atom. The molecular weight excluding hydrogens is 196 g/mol. The van der Waals surface area contributed by atoms with Crippen LogP contribution in [0.3, 0.4) is 0 Å². The summed E-state index contributed by atoms with van der Waals surface area (Å²) in [5.41, 5.74) is 1.00. The Morgan fingerprint density at radius 1 is 0.933 bits per heavy atom. The molecule has 3 rings (SSSR count). The summed E-state index contributed by atoms with van der Waals surface area (Å²) in [5.74, 6) is -2.90. The molecule has 0 spiro atoms. The van der Waals surface area contributed by atoms with Crippen LogP contribution in [0.5, 0.6) is 0 Å². The molecule has 15 heavy (non-hydrogen) atoms. The number of hydrogen-bond donors (Lipinski definition) is 0. The number of hydrogen-bond acceptors (Lipinski definition) is 1. The van der Waals surface area contributed by atoms with Crippen LogP contribution < -0.4 is 0 Å². The molecule has 0 unspecified atom stereocenters. The first-order chi connectivity index (χ1) is 7.21. The van der Waals surface area contributed by atoms with E-state index in [-0.39, 0.29) is 11.1 Å². The van der Waals surface area contributed by atoms with Gasteiger partial charge < -0.3 is 0 Å². The van der Waals surface area contributed by atoms with Crippen LogP contribution in [0.25, 0.3) is 11.3 Å². The van der Waals surface area contributed by atoms with Crippen molar-refractivity contribution in [2.75, 3.05) is 0 Å². The van der Waals surface area contributed by atoms with Crippen LogP contribution in [-0.2, 0) is 5.92 Å². The van der Waals surface area contributed by atoms with E-state index in [0.717, 1.165) is 0 Å². The van der Waals surface area contributed by atoms with Gasteiger partial charge in [0.15, 0.2) is 0 Å². The van der Waals surface area contributed by atoms with Gasteiger partial charge in [-0.05, 0) is 12.1 Å². The average Bonchev–Trinajstić information content (AvgIpc) is 2.51. The van der Waals surface area contributed by atoms with E-state index >= 15 is 0 Å². The topological polar surface area (TPSA) is 12.9 Å². The molecule has 3 heteroatoms. The van der Waals surface area contributed by atoms with Crippen molar-refractivity contribution in [3.05, 3.63) is 53.7 Å². The van der Waals surface area contributed by atoms with Crippen LogP contribution in [-0.4, -0.2) is 4.98 Å². The molecule has 0 amide bonds. The summed E-state index contributed by atoms with van der Waals surface area (Å²) in [7, 11) is 0. The number of alkyl halides is 2. The SMILES string of the molecule is FC1(F)c2ccccc2-c2ncccc21. The van der Waals surface area contributed by atoms with Gasteiger partial charge in [0.05, 0.1) is 11.3 Å². The van der Waals surface area contributed by atoms with Crippen molar-refractivity contribution in [2.45, 2.75) is 5.92 Å². The van der Waals surface area contributed by atoms with Gasteiger partial charge in [0, 0.05) is 17.3 Å². The number of fused-ring (bicyclic) bond motifs is 3. The van der Waals surface area contributed by atoms with Gasteiger partial charge in [0.1, 0.15) is 0 Å². The molecule has 0 atom stereocenters. The molecule has 1 aliphatic carbocycles. The van der Waals surface area contributed by atoms with E-state index in [1.165, 1.54) is 18.3 Å². The van der Waals surface area contributed by atoms with E-state index in [1.807, 2.05) is 0 Å². The lowest BCUT2D eigenvalue weighted by atomic mass is 10.1. The average molecular weight is 203 g/mol. The van der Waals surface area contributed by atoms with Crippen molar-refractivity contribution in [3.8, 4) is 11.3 Å². The second kappa shape index (κ2) is 2.63. The number of pyridine rings is 1. The summed E-state index contributed by atoms with van der Waals surface area (Å²) < 4.78 is 27.8. The van der Waals surface area contributed by atoms with Gasteiger partial charge >= 0.3 is 5.92 Å². The van der Waals surface area contributed by atoms with E-state index in [4.69, 9.17) is 0 Å². The van der Waals surface area contributed by atoms with Gasteiger partial charge in [-0.1, -0.05) is 24.3 Å². The van der Waals surface area contributed by atoms with Crippen LogP contribution in [0, 0.1) is 0 Å². The summed E-state index contributed by atoms with van der Waals surface area (Å²) in [6.07, 6.45) is 1.54. The van der Waals surface area contributed by atoms with Gasteiger partial charge in [-0.25, -0.2) is 0 Å². The van der Waals surface area contributed by atoms with Crippen LogP contribution in [0.4, 0.5) is 8.78 Å². The maximum Gasteiger partial charge on any atom is 0.301 e. The Labute approximate surface area is 85.4 Å². The molecule has 74 valence electrons. The second-order valence-corrected chi connectivity index (χ2v) is 3.52. The Hall–Kier alpha value is -1.77. The Kier molecular flexibility index (Phi) is 1.49. The zero-order valence-electron chi connectivity index (χ0n) is 7.74. The summed E-state index contributed by atoms with van der Waals surface area (Å²) in [4.78, 5) is 4.02. The highest BCUT2D eigenvalue weighted by molar-refractivity contribution is 5.75. The second-order valence-electron chi connectivity index (χ2n) is 3.52. The first-order valence-electron chi connectivity index (χ1n) is 4.64. The lowest BCUT2D eigenvalue weighted by Gasteiger charge is -2.10. The molecule has 0 aliphatic heterocycles. The molecule has 1 nitrogen and oxygen atoms in total. The third-order valence-corrected chi connectivity index (χ3v) is 2.67. The van der Waals surface area contributed by atoms with Crippen molar-refractivity contribution < 1.29 is 8.78 Å². The number of aromatic nitrogens is 1. The maximum absolute atomic E-state index is 13.9. The number of halogens is 2. The van der Waals surface area contributed by atoms with Crippen molar-refractivity contribution in [3.63, 3.8) is 0 Å². The molecule has 1 aromatic carbocycles. The van der Waals surface area contributed by atoms with Crippen LogP contribution >= 0.6 is 0 Å². The fraction of sp³-hybridized carbons (Fsp3) is 0.0833. The standard InChI is InChI=1S/C12H7F2N/c13-12(14)9-5-2-1-4-8(9)11-10(12)6-3-7-15-11/h1-7H. The minimum atomic E-state index is -2.90. The minimum Gasteiger partial charge on any atom is -0.256 e. The van der Waals surface area contributed by atoms with Gasteiger partial charge in [0.2, 0.25) is 0 Å². The molecule has 1 heterocycles. The molecule has 1 aromatic heterocycles. The fourth-order valence-corrected chi connectivity index (χ4v) is 1.98. The Bertz CT molecular complexity index is 487. The zero-order valence-corrected chi connectivity index (χ0v) is 7.74. The first kappa shape index (κ1) is 8.53. The fourth-order valence-electron chi connectivity index (χ4n) is 1.98. The zero-order chi connectivity index (χ0) is 10.5. The van der Waals surface area contributed by atoms with E-state index in [1.54, 1.807) is 24.3 Å². The number of rotatable bonds is 0. The molecule has 0 bridgehead atoms. The Morgan fingerprint density at radius 3 is 2.53 bits per heavy atom. The van der Waals surface area contributed by atoms with E-state index < -0.39 is 5.92 Å². The van der Waals surface area contributed by atoms with Gasteiger partial charge in [0.25, 0.3) is 0 Å². The van der Waals surface area contributed by atoms with Crippen LogP contribution in [0.2, 0.25) is 0 Å². The highest BCUT2D eigenvalue weighted by Crippen LogP contribution is 2.49. The summed E-state index contributed by atoms with van der Waals surface area (Å²) in [5, 5.41) is 0. The summed E-state index contributed by atoms with van der Waals surface area (Å²) in [6.45, 7) is 0. The van der Waals surface area contributed by atoms with Crippen molar-refractivity contribution >= 4 is 0 Å². The van der Waals surface area contributed by atoms with Gasteiger partial charge in [-0.3, -0.25) is 4.98 Å². The quantitative estimate of drug-likeness (QED) is 0.640. The lowest BCUT2D eigenvalue weighted by molar-refractivity contribution is 0.0478. The molecule has 0 saturated carbocycles. The van der Waals surface area contributed by atoms with E-state index in [9.17, 15) is 8.78 Å². The van der Waals surface area contributed by atoms with Crippen molar-refractivity contribution in [2.24, 2.45) is 0 Å². The van der Waals surface area contributed by atoms with Crippen LogP contribution in [0.15, 0.2) is 42.6 Å². The maximum atomic E-state index is 13.9. The Balaban J connectivity index is 2.42. The summed E-state index contributed by atoms with van der Waals surface area (Å²) >= 11 is 0. The molecule has 0 N–H and O–H groups in total. The first-order valence-corrected chi connectivity index (χ1v) is 4.64. The lowest BCUT2D eigenvalue weighted by Crippen LogP contribution is -2.10. The van der Waals surface area contributed by atoms with E-state index in [0.29, 0.717) is 11.3 Å². The highest BCUT2D eigenvalue weighted by Gasteiger charge is 2.44. The molecule has 0 saturated heterocycles. The normalized spacial score (nSPS) is 15.9. The molecular formula is C12H7F2N. The number of benzene rings is 1. The van der Waals surface area contributed by atoms with Gasteiger partial charge in [-0.15, -0.1) is 0 Å². The third kappa shape index (κ3) is 0.975. The molecule has 0 radical (unpaired) electrons. The monoisotopic (exact) mass is 203 g/mol. The predicted octanol–water partition coefficient (Wildman–Crippen LogP) is 3.20. The van der Waals surface area contributed by atoms with Gasteiger partial charge in [-0.2, -0.15) is 8.78 Å². The van der Waals surface area contributed by atoms with Crippen molar-refractivity contribution in [1.82, 2.24) is 4.98 Å². The molecule has 1 aliphatic rings. The minimum absolute atomic E-state index is 0.00574. The van der Waals surface area contributed by atoms with Crippen LogP contribution in [0.1, 0.15) is 11.1 Å².